The van der Waals surface area contributed by atoms with Crippen LogP contribution in [0, 0.1) is 11.8 Å². The molecule has 0 unspecified atom stereocenters. The van der Waals surface area contributed by atoms with Crippen molar-refractivity contribution in [3.63, 3.8) is 0 Å². The number of piperidine rings is 1. The number of carboxylic acid groups (broad SMARTS) is 1. The standard InChI is InChI=1S/C29H32F4N2O4S/c1-38-20-7-9-27-24(17-20)23(10-12-34-27)26(30)8-6-19-11-14-35(18-25(19)28(36)37)13-3-15-40-22-5-2-4-21(16-22)39-29(31,32)33/h2,4-5,7,9-10,12,16-17,19,25-26H,3,6,8,11,13-15,18H2,1H3,(H,36,37)/t19-,25+,26-/m1/s1. The molecule has 216 valence electrons. The van der Waals surface area contributed by atoms with Crippen molar-refractivity contribution < 1.29 is 36.9 Å². The van der Waals surface area contributed by atoms with Crippen LogP contribution in [0.15, 0.2) is 59.6 Å². The van der Waals surface area contributed by atoms with Gasteiger partial charge in [-0.15, -0.1) is 24.9 Å². The number of nitrogens with zero attached hydrogens (tertiary/aromatic N) is 2. The number of aliphatic carboxylic acids is 1. The first-order valence-corrected chi connectivity index (χ1v) is 14.1. The lowest BCUT2D eigenvalue weighted by Gasteiger charge is -2.36. The zero-order chi connectivity index (χ0) is 28.7. The Bertz CT molecular complexity index is 1290. The van der Waals surface area contributed by atoms with E-state index in [1.54, 1.807) is 43.6 Å². The summed E-state index contributed by atoms with van der Waals surface area (Å²) in [6, 6.07) is 12.9. The molecule has 6 nitrogen and oxygen atoms in total. The minimum Gasteiger partial charge on any atom is -0.497 e. The Hall–Kier alpha value is -3.05. The molecule has 1 N–H and O–H groups in total. The second kappa shape index (κ2) is 13.5. The zero-order valence-electron chi connectivity index (χ0n) is 22.1. The number of fused-ring (bicyclic) bond motifs is 1. The van der Waals surface area contributed by atoms with Crippen molar-refractivity contribution in [1.82, 2.24) is 9.88 Å². The van der Waals surface area contributed by atoms with Gasteiger partial charge in [-0.1, -0.05) is 6.07 Å². The number of carbonyl (C=O) groups is 1. The largest absolute Gasteiger partial charge is 0.573 e. The SMILES string of the molecule is COc1ccc2nccc([C@H](F)CC[C@@H]3CCN(CCCSc4cccc(OC(F)(F)F)c4)C[C@@H]3C(=O)O)c2c1. The molecule has 40 heavy (non-hydrogen) atoms. The van der Waals surface area contributed by atoms with Crippen LogP contribution in [0.3, 0.4) is 0 Å². The van der Waals surface area contributed by atoms with Crippen molar-refractivity contribution in [2.24, 2.45) is 11.8 Å². The van der Waals surface area contributed by atoms with Gasteiger partial charge in [0.2, 0.25) is 0 Å². The summed E-state index contributed by atoms with van der Waals surface area (Å²) in [6.45, 7) is 1.80. The molecule has 1 aliphatic heterocycles. The van der Waals surface area contributed by atoms with Crippen LogP contribution < -0.4 is 9.47 Å². The molecule has 4 rings (SSSR count). The van der Waals surface area contributed by atoms with Crippen LogP contribution in [0.2, 0.25) is 0 Å². The fraction of sp³-hybridized carbons (Fsp3) is 0.448. The third-order valence-corrected chi connectivity index (χ3v) is 8.27. The van der Waals surface area contributed by atoms with Crippen LogP contribution >= 0.6 is 11.8 Å². The lowest BCUT2D eigenvalue weighted by Crippen LogP contribution is -2.44. The lowest BCUT2D eigenvalue weighted by atomic mass is 9.81. The second-order valence-corrected chi connectivity index (χ2v) is 11.0. The van der Waals surface area contributed by atoms with Gasteiger partial charge in [0.15, 0.2) is 0 Å². The van der Waals surface area contributed by atoms with Gasteiger partial charge in [-0.25, -0.2) is 4.39 Å². The Morgan fingerprint density at radius 3 is 2.77 bits per heavy atom. The number of rotatable bonds is 12. The minimum atomic E-state index is -4.73. The van der Waals surface area contributed by atoms with Gasteiger partial charge in [-0.3, -0.25) is 9.78 Å². The Morgan fingerprint density at radius 1 is 1.20 bits per heavy atom. The van der Waals surface area contributed by atoms with Crippen LogP contribution in [-0.2, 0) is 4.79 Å². The second-order valence-electron chi connectivity index (χ2n) is 9.85. The van der Waals surface area contributed by atoms with Gasteiger partial charge in [-0.05, 0) is 98.5 Å². The zero-order valence-corrected chi connectivity index (χ0v) is 22.9. The lowest BCUT2D eigenvalue weighted by molar-refractivity contribution is -0.274. The van der Waals surface area contributed by atoms with Crippen LogP contribution in [0.4, 0.5) is 17.6 Å². The van der Waals surface area contributed by atoms with E-state index in [4.69, 9.17) is 4.74 Å². The molecule has 3 aromatic rings. The van der Waals surface area contributed by atoms with E-state index in [1.165, 1.54) is 30.0 Å². The van der Waals surface area contributed by atoms with Crippen LogP contribution in [-0.4, -0.2) is 59.8 Å². The number of thioether (sulfide) groups is 1. The van der Waals surface area contributed by atoms with E-state index in [1.807, 2.05) is 0 Å². The predicted molar refractivity (Wildman–Crippen MR) is 146 cm³/mol. The Morgan fingerprint density at radius 2 is 2.02 bits per heavy atom. The number of carboxylic acids is 1. The molecule has 3 atom stereocenters. The van der Waals surface area contributed by atoms with E-state index in [0.29, 0.717) is 58.8 Å². The molecular weight excluding hydrogens is 548 g/mol. The predicted octanol–water partition coefficient (Wildman–Crippen LogP) is 7.14. The molecule has 0 radical (unpaired) electrons. The average molecular weight is 581 g/mol. The van der Waals surface area contributed by atoms with E-state index < -0.39 is 24.4 Å². The highest BCUT2D eigenvalue weighted by Crippen LogP contribution is 2.36. The van der Waals surface area contributed by atoms with Crippen molar-refractivity contribution in [3.05, 3.63) is 60.3 Å². The van der Waals surface area contributed by atoms with Crippen molar-refractivity contribution in [2.75, 3.05) is 32.5 Å². The van der Waals surface area contributed by atoms with Gasteiger partial charge in [-0.2, -0.15) is 0 Å². The summed E-state index contributed by atoms with van der Waals surface area (Å²) >= 11 is 1.42. The monoisotopic (exact) mass is 580 g/mol. The first-order valence-electron chi connectivity index (χ1n) is 13.1. The number of hydrogen-bond donors (Lipinski definition) is 1. The number of aromatic nitrogens is 1. The third-order valence-electron chi connectivity index (χ3n) is 7.19. The smallest absolute Gasteiger partial charge is 0.497 e. The van der Waals surface area contributed by atoms with Crippen molar-refractivity contribution >= 4 is 28.6 Å². The normalized spacial score (nSPS) is 18.9. The molecule has 2 heterocycles. The van der Waals surface area contributed by atoms with Crippen LogP contribution in [0.1, 0.15) is 37.4 Å². The number of alkyl halides is 4. The first kappa shape index (κ1) is 29.9. The number of halogens is 4. The summed E-state index contributed by atoms with van der Waals surface area (Å²) in [7, 11) is 1.55. The highest BCUT2D eigenvalue weighted by molar-refractivity contribution is 7.99. The highest BCUT2D eigenvalue weighted by atomic mass is 32.2. The van der Waals surface area contributed by atoms with E-state index in [2.05, 4.69) is 14.6 Å². The molecule has 0 amide bonds. The van der Waals surface area contributed by atoms with Gasteiger partial charge in [0, 0.05) is 23.0 Å². The number of pyridine rings is 1. The number of likely N-dealkylation sites (tertiary alicyclic amines) is 1. The molecule has 0 bridgehead atoms. The molecular formula is C29H32F4N2O4S. The Kier molecular flexibility index (Phi) is 10.1. The van der Waals surface area contributed by atoms with Gasteiger partial charge in [0.05, 0.1) is 18.5 Å². The fourth-order valence-corrected chi connectivity index (χ4v) is 6.08. The van der Waals surface area contributed by atoms with Gasteiger partial charge in [0.1, 0.15) is 17.7 Å². The molecule has 1 aromatic heterocycles. The summed E-state index contributed by atoms with van der Waals surface area (Å²) < 4.78 is 62.0. The van der Waals surface area contributed by atoms with Crippen molar-refractivity contribution in [3.8, 4) is 11.5 Å². The third kappa shape index (κ3) is 8.23. The summed E-state index contributed by atoms with van der Waals surface area (Å²) in [6.07, 6.45) is -2.30. The van der Waals surface area contributed by atoms with Crippen molar-refractivity contribution in [2.45, 2.75) is 43.1 Å². The average Bonchev–Trinajstić information content (AvgIpc) is 2.93. The maximum absolute atomic E-state index is 15.4. The first-order chi connectivity index (χ1) is 19.1. The maximum atomic E-state index is 15.4. The van der Waals surface area contributed by atoms with E-state index >= 15 is 4.39 Å². The number of hydrogen-bond acceptors (Lipinski definition) is 6. The summed E-state index contributed by atoms with van der Waals surface area (Å²) in [5, 5.41) is 10.6. The van der Waals surface area contributed by atoms with E-state index in [9.17, 15) is 23.1 Å². The van der Waals surface area contributed by atoms with Crippen LogP contribution in [0.5, 0.6) is 11.5 Å². The molecule has 1 aliphatic rings. The molecule has 0 aliphatic carbocycles. The Labute approximate surface area is 234 Å². The van der Waals surface area contributed by atoms with E-state index in [0.717, 1.165) is 13.0 Å². The fourth-order valence-electron chi connectivity index (χ4n) is 5.20. The summed E-state index contributed by atoms with van der Waals surface area (Å²) in [4.78, 5) is 19.2. The minimum absolute atomic E-state index is 0.125. The van der Waals surface area contributed by atoms with Gasteiger partial charge in [0.25, 0.3) is 0 Å². The molecule has 11 heteroatoms. The van der Waals surface area contributed by atoms with Crippen molar-refractivity contribution in [1.29, 1.82) is 0 Å². The number of methoxy groups -OCH3 is 1. The molecule has 2 aromatic carbocycles. The van der Waals surface area contributed by atoms with Gasteiger partial charge < -0.3 is 19.5 Å². The molecule has 1 saturated heterocycles. The quantitative estimate of drug-likeness (QED) is 0.139. The summed E-state index contributed by atoms with van der Waals surface area (Å²) in [5.74, 6) is -0.549. The van der Waals surface area contributed by atoms with Gasteiger partial charge >= 0.3 is 12.3 Å². The molecule has 0 spiro atoms. The maximum Gasteiger partial charge on any atom is 0.573 e. The number of benzene rings is 2. The summed E-state index contributed by atoms with van der Waals surface area (Å²) in [5.41, 5.74) is 1.21. The van der Waals surface area contributed by atoms with E-state index in [-0.39, 0.29) is 18.1 Å². The highest BCUT2D eigenvalue weighted by Gasteiger charge is 2.34. The molecule has 1 fully saturated rings. The number of ether oxygens (including phenoxy) is 2. The topological polar surface area (TPSA) is 71.9 Å². The Balaban J connectivity index is 1.26. The van der Waals surface area contributed by atoms with Crippen LogP contribution in [0.25, 0.3) is 10.9 Å². The molecule has 0 saturated carbocycles.